The third kappa shape index (κ3) is 1.76. The maximum Gasteiger partial charge on any atom is 0.00984 e. The summed E-state index contributed by atoms with van der Waals surface area (Å²) in [4.78, 5) is 2.63. The average Bonchev–Trinajstić information content (AvgIpc) is 2.67. The molecule has 1 aliphatic heterocycles. The number of hydrogen-bond donors (Lipinski definition) is 0. The Kier molecular flexibility index (Phi) is 3.38. The molecule has 0 amide bonds. The first-order valence-electron chi connectivity index (χ1n) is 5.14. The Morgan fingerprint density at radius 3 is 2.27 bits per heavy atom. The molecule has 1 aliphatic carbocycles. The Balaban J connectivity index is 0.000000281. The standard InChI is InChI=1S/C8H15N.C2H6/c1-2-9-6-7-3-4-8(9)5-7;1-2/h7-8H,2-6H2,1H3;1-2H3. The van der Waals surface area contributed by atoms with E-state index in [4.69, 9.17) is 0 Å². The molecule has 2 bridgehead atoms. The van der Waals surface area contributed by atoms with Gasteiger partial charge in [-0.3, -0.25) is 0 Å². The van der Waals surface area contributed by atoms with E-state index in [2.05, 4.69) is 11.8 Å². The van der Waals surface area contributed by atoms with Crippen molar-refractivity contribution >= 4 is 0 Å². The summed E-state index contributed by atoms with van der Waals surface area (Å²) >= 11 is 0. The lowest BCUT2D eigenvalue weighted by Gasteiger charge is -2.24. The first-order chi connectivity index (χ1) is 5.40. The lowest BCUT2D eigenvalue weighted by Crippen LogP contribution is -2.31. The maximum absolute atomic E-state index is 2.63. The van der Waals surface area contributed by atoms with Crippen molar-refractivity contribution in [3.8, 4) is 0 Å². The highest BCUT2D eigenvalue weighted by Gasteiger charge is 2.36. The molecule has 1 saturated heterocycles. The second-order valence-electron chi connectivity index (χ2n) is 3.42. The van der Waals surface area contributed by atoms with Gasteiger partial charge in [-0.05, 0) is 31.7 Å². The van der Waals surface area contributed by atoms with Crippen LogP contribution in [0.2, 0.25) is 0 Å². The molecule has 11 heavy (non-hydrogen) atoms. The molecule has 1 nitrogen and oxygen atoms in total. The molecule has 0 N–H and O–H groups in total. The fraction of sp³-hybridized carbons (Fsp3) is 1.00. The van der Waals surface area contributed by atoms with Crippen molar-refractivity contribution in [1.29, 1.82) is 0 Å². The monoisotopic (exact) mass is 155 g/mol. The molecule has 2 aliphatic rings. The van der Waals surface area contributed by atoms with Crippen LogP contribution in [0, 0.1) is 5.92 Å². The van der Waals surface area contributed by atoms with Crippen LogP contribution in [0.5, 0.6) is 0 Å². The summed E-state index contributed by atoms with van der Waals surface area (Å²) in [7, 11) is 0. The van der Waals surface area contributed by atoms with E-state index >= 15 is 0 Å². The molecule has 2 fully saturated rings. The molecule has 0 spiro atoms. The SMILES string of the molecule is CC.CCN1CC2CCC1C2. The van der Waals surface area contributed by atoms with Gasteiger partial charge in [0.15, 0.2) is 0 Å². The van der Waals surface area contributed by atoms with Crippen LogP contribution < -0.4 is 0 Å². The van der Waals surface area contributed by atoms with E-state index in [0.29, 0.717) is 0 Å². The third-order valence-electron chi connectivity index (χ3n) is 2.93. The largest absolute Gasteiger partial charge is 0.300 e. The first-order valence-corrected chi connectivity index (χ1v) is 5.14. The van der Waals surface area contributed by atoms with Gasteiger partial charge in [0, 0.05) is 12.6 Å². The molecule has 0 aromatic rings. The molecular formula is C10H21N. The van der Waals surface area contributed by atoms with Crippen molar-refractivity contribution in [1.82, 2.24) is 4.90 Å². The van der Waals surface area contributed by atoms with Gasteiger partial charge in [-0.15, -0.1) is 0 Å². The molecule has 2 unspecified atom stereocenters. The lowest BCUT2D eigenvalue weighted by molar-refractivity contribution is 0.225. The predicted molar refractivity (Wildman–Crippen MR) is 49.7 cm³/mol. The topological polar surface area (TPSA) is 3.24 Å². The highest BCUT2D eigenvalue weighted by atomic mass is 15.2. The van der Waals surface area contributed by atoms with E-state index in [1.165, 1.54) is 32.4 Å². The van der Waals surface area contributed by atoms with Crippen molar-refractivity contribution in [2.75, 3.05) is 13.1 Å². The predicted octanol–water partition coefficient (Wildman–Crippen LogP) is 2.52. The van der Waals surface area contributed by atoms with Crippen molar-refractivity contribution < 1.29 is 0 Å². The third-order valence-corrected chi connectivity index (χ3v) is 2.93. The molecule has 0 aromatic heterocycles. The minimum Gasteiger partial charge on any atom is -0.300 e. The minimum atomic E-state index is 0.986. The van der Waals surface area contributed by atoms with Gasteiger partial charge in [-0.25, -0.2) is 0 Å². The summed E-state index contributed by atoms with van der Waals surface area (Å²) in [6, 6.07) is 0.986. The summed E-state index contributed by atoms with van der Waals surface area (Å²) in [6.07, 6.45) is 4.51. The van der Waals surface area contributed by atoms with Gasteiger partial charge in [-0.1, -0.05) is 20.8 Å². The van der Waals surface area contributed by atoms with Crippen LogP contribution >= 0.6 is 0 Å². The molecule has 0 aromatic carbocycles. The first kappa shape index (κ1) is 9.05. The van der Waals surface area contributed by atoms with E-state index in [-0.39, 0.29) is 0 Å². The van der Waals surface area contributed by atoms with E-state index in [1.807, 2.05) is 13.8 Å². The second-order valence-corrected chi connectivity index (χ2v) is 3.42. The Bertz CT molecular complexity index is 111. The molecule has 66 valence electrons. The maximum atomic E-state index is 2.63. The Morgan fingerprint density at radius 2 is 2.00 bits per heavy atom. The fourth-order valence-corrected chi connectivity index (χ4v) is 2.41. The summed E-state index contributed by atoms with van der Waals surface area (Å²) < 4.78 is 0. The number of piperidine rings is 1. The van der Waals surface area contributed by atoms with Gasteiger partial charge in [0.1, 0.15) is 0 Å². The quantitative estimate of drug-likeness (QED) is 0.562. The van der Waals surface area contributed by atoms with Crippen molar-refractivity contribution in [3.05, 3.63) is 0 Å². The number of hydrogen-bond acceptors (Lipinski definition) is 1. The Morgan fingerprint density at radius 1 is 1.27 bits per heavy atom. The minimum absolute atomic E-state index is 0.986. The molecule has 1 heteroatoms. The van der Waals surface area contributed by atoms with Crippen LogP contribution in [0.3, 0.4) is 0 Å². The summed E-state index contributed by atoms with van der Waals surface area (Å²) in [5, 5.41) is 0. The normalized spacial score (nSPS) is 35.2. The summed E-state index contributed by atoms with van der Waals surface area (Å²) in [6.45, 7) is 8.96. The van der Waals surface area contributed by atoms with E-state index in [1.54, 1.807) is 0 Å². The van der Waals surface area contributed by atoms with Crippen LogP contribution in [-0.4, -0.2) is 24.0 Å². The molecule has 1 heterocycles. The average molecular weight is 155 g/mol. The Labute approximate surface area is 70.8 Å². The van der Waals surface area contributed by atoms with Gasteiger partial charge >= 0.3 is 0 Å². The lowest BCUT2D eigenvalue weighted by atomic mass is 10.1. The summed E-state index contributed by atoms with van der Waals surface area (Å²) in [5.74, 6) is 1.08. The highest BCUT2D eigenvalue weighted by Crippen LogP contribution is 2.36. The number of nitrogens with zero attached hydrogens (tertiary/aromatic N) is 1. The van der Waals surface area contributed by atoms with Gasteiger partial charge in [-0.2, -0.15) is 0 Å². The van der Waals surface area contributed by atoms with Crippen LogP contribution in [-0.2, 0) is 0 Å². The van der Waals surface area contributed by atoms with E-state index in [0.717, 1.165) is 12.0 Å². The number of fused-ring (bicyclic) bond motifs is 2. The smallest absolute Gasteiger partial charge is 0.00984 e. The second kappa shape index (κ2) is 4.10. The fourth-order valence-electron chi connectivity index (χ4n) is 2.41. The van der Waals surface area contributed by atoms with Crippen LogP contribution in [0.4, 0.5) is 0 Å². The van der Waals surface area contributed by atoms with Crippen molar-refractivity contribution in [2.24, 2.45) is 5.92 Å². The molecule has 2 rings (SSSR count). The van der Waals surface area contributed by atoms with Crippen molar-refractivity contribution in [2.45, 2.75) is 46.1 Å². The summed E-state index contributed by atoms with van der Waals surface area (Å²) in [5.41, 5.74) is 0. The Hall–Kier alpha value is -0.0400. The van der Waals surface area contributed by atoms with Crippen molar-refractivity contribution in [3.63, 3.8) is 0 Å². The van der Waals surface area contributed by atoms with Crippen LogP contribution in [0.25, 0.3) is 0 Å². The van der Waals surface area contributed by atoms with Gasteiger partial charge in [0.05, 0.1) is 0 Å². The van der Waals surface area contributed by atoms with Crippen LogP contribution in [0.15, 0.2) is 0 Å². The van der Waals surface area contributed by atoms with E-state index in [9.17, 15) is 0 Å². The zero-order valence-electron chi connectivity index (χ0n) is 8.14. The highest BCUT2D eigenvalue weighted by molar-refractivity contribution is 4.91. The van der Waals surface area contributed by atoms with Crippen LogP contribution in [0.1, 0.15) is 40.0 Å². The zero-order chi connectivity index (χ0) is 8.27. The number of likely N-dealkylation sites (tertiary alicyclic amines) is 1. The van der Waals surface area contributed by atoms with Gasteiger partial charge in [0.25, 0.3) is 0 Å². The van der Waals surface area contributed by atoms with Gasteiger partial charge < -0.3 is 4.90 Å². The molecular weight excluding hydrogens is 134 g/mol. The molecule has 0 radical (unpaired) electrons. The molecule has 2 atom stereocenters. The number of rotatable bonds is 1. The van der Waals surface area contributed by atoms with E-state index < -0.39 is 0 Å². The zero-order valence-corrected chi connectivity index (χ0v) is 8.14. The molecule has 1 saturated carbocycles. The van der Waals surface area contributed by atoms with Gasteiger partial charge in [0.2, 0.25) is 0 Å².